The summed E-state index contributed by atoms with van der Waals surface area (Å²) in [5, 5.41) is 2.64. The van der Waals surface area contributed by atoms with Crippen LogP contribution in [0.1, 0.15) is 58.5 Å². The van der Waals surface area contributed by atoms with E-state index in [0.29, 0.717) is 17.7 Å². The monoisotopic (exact) mass is 421 g/mol. The summed E-state index contributed by atoms with van der Waals surface area (Å²) in [6, 6.07) is 14.0. The number of carbonyl (C=O) groups excluding carboxylic acids is 2. The first-order valence-corrected chi connectivity index (χ1v) is 11.1. The van der Waals surface area contributed by atoms with Crippen molar-refractivity contribution >= 4 is 11.8 Å². The summed E-state index contributed by atoms with van der Waals surface area (Å²) in [6.07, 6.45) is 2.01. The average molecular weight is 422 g/mol. The van der Waals surface area contributed by atoms with Crippen LogP contribution in [0.2, 0.25) is 0 Å². The number of nitrogens with one attached hydrogen (secondary N) is 1. The Balaban J connectivity index is 1.40. The number of likely N-dealkylation sites (tertiary alicyclic amines) is 1. The molecule has 164 valence electrons. The predicted molar refractivity (Wildman–Crippen MR) is 120 cm³/mol. The third-order valence-electron chi connectivity index (χ3n) is 6.16. The number of amides is 2. The van der Waals surface area contributed by atoms with Crippen molar-refractivity contribution in [2.45, 2.75) is 51.9 Å². The summed E-state index contributed by atoms with van der Waals surface area (Å²) in [4.78, 5) is 29.8. The third kappa shape index (κ3) is 4.44. The molecule has 6 nitrogen and oxygen atoms in total. The summed E-state index contributed by atoms with van der Waals surface area (Å²) in [6.45, 7) is 7.40. The van der Waals surface area contributed by atoms with Crippen molar-refractivity contribution in [2.75, 3.05) is 20.1 Å². The molecule has 0 radical (unpaired) electrons. The molecule has 0 aromatic heterocycles. The molecule has 0 bridgehead atoms. The highest BCUT2D eigenvalue weighted by Gasteiger charge is 2.36. The van der Waals surface area contributed by atoms with Crippen LogP contribution in [0.3, 0.4) is 0 Å². The molecular weight excluding hydrogens is 390 g/mol. The number of rotatable bonds is 6. The predicted octanol–water partition coefficient (Wildman–Crippen LogP) is 3.45. The van der Waals surface area contributed by atoms with E-state index in [1.807, 2.05) is 43.0 Å². The van der Waals surface area contributed by atoms with Crippen molar-refractivity contribution in [3.8, 4) is 5.75 Å². The summed E-state index contributed by atoms with van der Waals surface area (Å²) >= 11 is 0. The molecule has 2 amide bonds. The van der Waals surface area contributed by atoms with Gasteiger partial charge in [0.15, 0.2) is 0 Å². The van der Waals surface area contributed by atoms with E-state index >= 15 is 0 Å². The Bertz CT molecular complexity index is 964. The van der Waals surface area contributed by atoms with Crippen molar-refractivity contribution in [2.24, 2.45) is 0 Å². The lowest BCUT2D eigenvalue weighted by Crippen LogP contribution is -2.44. The van der Waals surface area contributed by atoms with Crippen LogP contribution in [0, 0.1) is 0 Å². The summed E-state index contributed by atoms with van der Waals surface area (Å²) in [5.41, 5.74) is 3.21. The zero-order valence-electron chi connectivity index (χ0n) is 18.6. The fraction of sp³-hybridized carbons (Fsp3) is 0.440. The second kappa shape index (κ2) is 9.10. The molecule has 0 saturated carbocycles. The maximum atomic E-state index is 13.2. The second-order valence-corrected chi connectivity index (χ2v) is 8.63. The largest absolute Gasteiger partial charge is 0.491 e. The van der Waals surface area contributed by atoms with Crippen LogP contribution in [0.4, 0.5) is 0 Å². The van der Waals surface area contributed by atoms with Gasteiger partial charge in [0.1, 0.15) is 5.75 Å². The highest BCUT2D eigenvalue weighted by atomic mass is 16.5. The lowest BCUT2D eigenvalue weighted by Gasteiger charge is -2.37. The number of carbonyl (C=O) groups is 2. The second-order valence-electron chi connectivity index (χ2n) is 8.63. The molecule has 2 aliphatic rings. The van der Waals surface area contributed by atoms with E-state index < -0.39 is 0 Å². The van der Waals surface area contributed by atoms with E-state index in [2.05, 4.69) is 22.3 Å². The Hall–Kier alpha value is -2.86. The number of nitrogens with zero attached hydrogens (tertiary/aromatic N) is 2. The number of fused-ring (bicyclic) bond motifs is 1. The molecule has 2 aliphatic heterocycles. The number of benzene rings is 2. The van der Waals surface area contributed by atoms with Gasteiger partial charge in [-0.3, -0.25) is 14.5 Å². The van der Waals surface area contributed by atoms with Gasteiger partial charge in [-0.05, 0) is 44.4 Å². The van der Waals surface area contributed by atoms with Crippen LogP contribution in [0.15, 0.2) is 42.5 Å². The Labute approximate surface area is 184 Å². The molecule has 2 aromatic carbocycles. The van der Waals surface area contributed by atoms with Gasteiger partial charge in [0.05, 0.1) is 17.2 Å². The van der Waals surface area contributed by atoms with Crippen LogP contribution in [0.5, 0.6) is 5.75 Å². The smallest absolute Gasteiger partial charge is 0.255 e. The zero-order chi connectivity index (χ0) is 22.0. The first kappa shape index (κ1) is 21.4. The van der Waals surface area contributed by atoms with E-state index in [1.54, 1.807) is 13.1 Å². The van der Waals surface area contributed by atoms with E-state index in [0.717, 1.165) is 43.8 Å². The van der Waals surface area contributed by atoms with Gasteiger partial charge in [-0.2, -0.15) is 0 Å². The minimum Gasteiger partial charge on any atom is -0.491 e. The van der Waals surface area contributed by atoms with Gasteiger partial charge >= 0.3 is 0 Å². The first-order chi connectivity index (χ1) is 15.0. The molecule has 2 aromatic rings. The molecule has 6 heteroatoms. The molecule has 2 heterocycles. The molecule has 0 atom stereocenters. The van der Waals surface area contributed by atoms with Gasteiger partial charge in [-0.25, -0.2) is 0 Å². The van der Waals surface area contributed by atoms with Crippen molar-refractivity contribution in [3.05, 3.63) is 64.7 Å². The summed E-state index contributed by atoms with van der Waals surface area (Å²) < 4.78 is 5.97. The van der Waals surface area contributed by atoms with Gasteiger partial charge in [0, 0.05) is 44.8 Å². The van der Waals surface area contributed by atoms with Crippen LogP contribution in [-0.2, 0) is 13.1 Å². The van der Waals surface area contributed by atoms with Crippen molar-refractivity contribution < 1.29 is 14.3 Å². The summed E-state index contributed by atoms with van der Waals surface area (Å²) in [7, 11) is 1.60. The highest BCUT2D eigenvalue weighted by molar-refractivity contribution is 6.09. The third-order valence-corrected chi connectivity index (χ3v) is 6.16. The highest BCUT2D eigenvalue weighted by Crippen LogP contribution is 2.31. The van der Waals surface area contributed by atoms with Crippen LogP contribution < -0.4 is 10.1 Å². The lowest BCUT2D eigenvalue weighted by molar-refractivity contribution is 0.0587. The van der Waals surface area contributed by atoms with Crippen LogP contribution in [0.25, 0.3) is 0 Å². The number of ether oxygens (including phenoxy) is 1. The number of piperidine rings is 1. The van der Waals surface area contributed by atoms with E-state index in [-0.39, 0.29) is 24.0 Å². The average Bonchev–Trinajstić information content (AvgIpc) is 3.11. The Morgan fingerprint density at radius 3 is 2.58 bits per heavy atom. The van der Waals surface area contributed by atoms with Crippen molar-refractivity contribution in [1.82, 2.24) is 15.1 Å². The minimum atomic E-state index is -0.204. The fourth-order valence-electron chi connectivity index (χ4n) is 4.64. The number of para-hydroxylation sites is 1. The van der Waals surface area contributed by atoms with Crippen molar-refractivity contribution in [1.29, 1.82) is 0 Å². The minimum absolute atomic E-state index is 0.0108. The lowest BCUT2D eigenvalue weighted by atomic mass is 10.0. The van der Waals surface area contributed by atoms with Gasteiger partial charge in [0.25, 0.3) is 11.8 Å². The Morgan fingerprint density at radius 2 is 1.87 bits per heavy atom. The number of hydrogen-bond donors (Lipinski definition) is 1. The van der Waals surface area contributed by atoms with E-state index in [1.165, 1.54) is 5.56 Å². The van der Waals surface area contributed by atoms with Crippen LogP contribution in [-0.4, -0.2) is 53.9 Å². The Morgan fingerprint density at radius 1 is 1.13 bits per heavy atom. The zero-order valence-corrected chi connectivity index (χ0v) is 18.6. The molecular formula is C25H31N3O3. The molecule has 1 saturated heterocycles. The fourth-order valence-corrected chi connectivity index (χ4v) is 4.64. The van der Waals surface area contributed by atoms with Crippen LogP contribution >= 0.6 is 0 Å². The molecule has 0 aliphatic carbocycles. The molecule has 0 unspecified atom stereocenters. The molecule has 4 rings (SSSR count). The van der Waals surface area contributed by atoms with Gasteiger partial charge in [-0.1, -0.05) is 30.3 Å². The maximum Gasteiger partial charge on any atom is 0.255 e. The standard InChI is InChI=1S/C25H31N3O3/c1-17(2)31-22-10-5-4-7-18(22)15-27-13-11-20(12-14-27)28-16-19-8-6-9-21(24(29)26-3)23(19)25(28)30/h4-10,17,20H,11-16H2,1-3H3,(H,26,29). The molecule has 0 spiro atoms. The normalized spacial score (nSPS) is 17.2. The van der Waals surface area contributed by atoms with Crippen molar-refractivity contribution in [3.63, 3.8) is 0 Å². The molecule has 31 heavy (non-hydrogen) atoms. The van der Waals surface area contributed by atoms with Gasteiger partial charge in [-0.15, -0.1) is 0 Å². The van der Waals surface area contributed by atoms with E-state index in [4.69, 9.17) is 4.74 Å². The quantitative estimate of drug-likeness (QED) is 0.776. The number of hydrogen-bond acceptors (Lipinski definition) is 4. The topological polar surface area (TPSA) is 61.9 Å². The molecule has 1 N–H and O–H groups in total. The van der Waals surface area contributed by atoms with Gasteiger partial charge < -0.3 is 15.0 Å². The maximum absolute atomic E-state index is 13.2. The summed E-state index contributed by atoms with van der Waals surface area (Å²) in [5.74, 6) is 0.735. The SMILES string of the molecule is CNC(=O)c1cccc2c1C(=O)N(C1CCN(Cc3ccccc3OC(C)C)CC1)C2. The van der Waals surface area contributed by atoms with E-state index in [9.17, 15) is 9.59 Å². The van der Waals surface area contributed by atoms with Gasteiger partial charge in [0.2, 0.25) is 0 Å². The first-order valence-electron chi connectivity index (χ1n) is 11.1. The Kier molecular flexibility index (Phi) is 6.28. The molecule has 1 fully saturated rings.